The van der Waals surface area contributed by atoms with Gasteiger partial charge in [-0.25, -0.2) is 4.79 Å². The van der Waals surface area contributed by atoms with Crippen LogP contribution in [0, 0.1) is 0 Å². The number of fused-ring (bicyclic) bond motifs is 1. The minimum absolute atomic E-state index is 0.134. The van der Waals surface area contributed by atoms with E-state index < -0.39 is 6.10 Å². The molecule has 4 heteroatoms. The molecular weight excluding hydrogens is 252 g/mol. The number of amides is 2. The number of anilines is 1. The average Bonchev–Trinajstić information content (AvgIpc) is 2.85. The van der Waals surface area contributed by atoms with Crippen LogP contribution in [0.4, 0.5) is 10.5 Å². The molecule has 0 aliphatic heterocycles. The van der Waals surface area contributed by atoms with Crippen LogP contribution in [0.2, 0.25) is 0 Å². The molecule has 1 aliphatic rings. The Hall–Kier alpha value is -2.07. The molecule has 0 spiro atoms. The highest BCUT2D eigenvalue weighted by atomic mass is 16.3. The topological polar surface area (TPSA) is 61.4 Å². The van der Waals surface area contributed by atoms with Crippen molar-refractivity contribution >= 4 is 22.5 Å². The lowest BCUT2D eigenvalue weighted by atomic mass is 10.1. The molecule has 0 radical (unpaired) electrons. The molecule has 3 rings (SSSR count). The van der Waals surface area contributed by atoms with Crippen LogP contribution in [0.5, 0.6) is 0 Å². The second-order valence-electron chi connectivity index (χ2n) is 5.23. The number of carbonyl (C=O) groups is 1. The number of hydrogen-bond donors (Lipinski definition) is 3. The minimum atomic E-state index is -0.423. The Morgan fingerprint density at radius 1 is 1.10 bits per heavy atom. The maximum Gasteiger partial charge on any atom is 0.319 e. The summed E-state index contributed by atoms with van der Waals surface area (Å²) in [5.74, 6) is 0. The third-order valence-corrected chi connectivity index (χ3v) is 3.83. The smallest absolute Gasteiger partial charge is 0.319 e. The van der Waals surface area contributed by atoms with Crippen LogP contribution in [0.1, 0.15) is 19.3 Å². The number of aliphatic hydroxyl groups excluding tert-OH is 1. The van der Waals surface area contributed by atoms with Crippen molar-refractivity contribution in [1.82, 2.24) is 5.32 Å². The van der Waals surface area contributed by atoms with Crippen LogP contribution in [0.15, 0.2) is 42.5 Å². The van der Waals surface area contributed by atoms with Gasteiger partial charge in [-0.3, -0.25) is 0 Å². The summed E-state index contributed by atoms with van der Waals surface area (Å²) in [6.45, 7) is 0. The lowest BCUT2D eigenvalue weighted by Crippen LogP contribution is -2.42. The molecule has 2 amide bonds. The van der Waals surface area contributed by atoms with Crippen molar-refractivity contribution in [1.29, 1.82) is 0 Å². The third kappa shape index (κ3) is 2.60. The second-order valence-corrected chi connectivity index (χ2v) is 5.23. The van der Waals surface area contributed by atoms with Crippen molar-refractivity contribution in [3.8, 4) is 0 Å². The number of rotatable bonds is 2. The fraction of sp³-hybridized carbons (Fsp3) is 0.312. The predicted molar refractivity (Wildman–Crippen MR) is 79.7 cm³/mol. The lowest BCUT2D eigenvalue weighted by molar-refractivity contribution is 0.151. The van der Waals surface area contributed by atoms with E-state index in [1.165, 1.54) is 0 Å². The maximum atomic E-state index is 12.0. The molecule has 2 aromatic carbocycles. The van der Waals surface area contributed by atoms with Gasteiger partial charge in [0.15, 0.2) is 0 Å². The molecule has 3 N–H and O–H groups in total. The van der Waals surface area contributed by atoms with Gasteiger partial charge in [0.1, 0.15) is 0 Å². The van der Waals surface area contributed by atoms with E-state index in [2.05, 4.69) is 10.6 Å². The van der Waals surface area contributed by atoms with Crippen LogP contribution in [-0.4, -0.2) is 23.3 Å². The quantitative estimate of drug-likeness (QED) is 0.785. The van der Waals surface area contributed by atoms with E-state index in [4.69, 9.17) is 0 Å². The third-order valence-electron chi connectivity index (χ3n) is 3.83. The molecule has 2 atom stereocenters. The molecule has 0 aromatic heterocycles. The van der Waals surface area contributed by atoms with E-state index in [1.807, 2.05) is 42.5 Å². The summed E-state index contributed by atoms with van der Waals surface area (Å²) in [6.07, 6.45) is 2.14. The van der Waals surface area contributed by atoms with Gasteiger partial charge in [0.25, 0.3) is 0 Å². The Labute approximate surface area is 117 Å². The molecular formula is C16H18N2O2. The van der Waals surface area contributed by atoms with Gasteiger partial charge in [-0.1, -0.05) is 36.4 Å². The van der Waals surface area contributed by atoms with Gasteiger partial charge in [0.2, 0.25) is 0 Å². The highest BCUT2D eigenvalue weighted by Crippen LogP contribution is 2.23. The molecule has 1 aliphatic carbocycles. The Kier molecular flexibility index (Phi) is 3.56. The second kappa shape index (κ2) is 5.51. The van der Waals surface area contributed by atoms with E-state index in [1.54, 1.807) is 0 Å². The summed E-state index contributed by atoms with van der Waals surface area (Å²) in [5.41, 5.74) is 0.785. The Morgan fingerprint density at radius 3 is 2.70 bits per heavy atom. The first-order chi connectivity index (χ1) is 9.74. The average molecular weight is 270 g/mol. The largest absolute Gasteiger partial charge is 0.391 e. The zero-order valence-corrected chi connectivity index (χ0v) is 11.2. The normalized spacial score (nSPS) is 21.9. The molecule has 104 valence electrons. The Balaban J connectivity index is 1.74. The summed E-state index contributed by atoms with van der Waals surface area (Å²) in [7, 11) is 0. The van der Waals surface area contributed by atoms with Crippen LogP contribution >= 0.6 is 0 Å². The van der Waals surface area contributed by atoms with Gasteiger partial charge < -0.3 is 15.7 Å². The van der Waals surface area contributed by atoms with Gasteiger partial charge in [-0.05, 0) is 30.7 Å². The first kappa shape index (κ1) is 12.9. The Bertz CT molecular complexity index is 621. The number of benzene rings is 2. The fourth-order valence-corrected chi connectivity index (χ4v) is 2.77. The van der Waals surface area contributed by atoms with Gasteiger partial charge >= 0.3 is 6.03 Å². The van der Waals surface area contributed by atoms with E-state index in [-0.39, 0.29) is 12.1 Å². The van der Waals surface area contributed by atoms with Crippen molar-refractivity contribution in [2.75, 3.05) is 5.32 Å². The standard InChI is InChI=1S/C16H18N2O2/c19-15-10-4-9-14(15)18-16(20)17-13-8-3-6-11-5-1-2-7-12(11)13/h1-3,5-8,14-15,19H,4,9-10H2,(H2,17,18,20)/t14-,15+/m1/s1. The van der Waals surface area contributed by atoms with Crippen LogP contribution in [-0.2, 0) is 0 Å². The number of hydrogen-bond acceptors (Lipinski definition) is 2. The summed E-state index contributed by atoms with van der Waals surface area (Å²) in [4.78, 5) is 12.0. The number of urea groups is 1. The van der Waals surface area contributed by atoms with Gasteiger partial charge in [0, 0.05) is 5.39 Å². The van der Waals surface area contributed by atoms with Crippen molar-refractivity contribution < 1.29 is 9.90 Å². The van der Waals surface area contributed by atoms with E-state index in [0.717, 1.165) is 35.7 Å². The molecule has 4 nitrogen and oxygen atoms in total. The zero-order chi connectivity index (χ0) is 13.9. The number of nitrogens with one attached hydrogen (secondary N) is 2. The predicted octanol–water partition coefficient (Wildman–Crippen LogP) is 2.87. The van der Waals surface area contributed by atoms with E-state index >= 15 is 0 Å². The van der Waals surface area contributed by atoms with Gasteiger partial charge in [-0.2, -0.15) is 0 Å². The van der Waals surface area contributed by atoms with E-state index in [0.29, 0.717) is 0 Å². The zero-order valence-electron chi connectivity index (χ0n) is 11.2. The van der Waals surface area contributed by atoms with Crippen molar-refractivity contribution in [2.24, 2.45) is 0 Å². The summed E-state index contributed by atoms with van der Waals surface area (Å²) in [5, 5.41) is 17.5. The van der Waals surface area contributed by atoms with Crippen LogP contribution < -0.4 is 10.6 Å². The molecule has 0 bridgehead atoms. The lowest BCUT2D eigenvalue weighted by Gasteiger charge is -2.17. The van der Waals surface area contributed by atoms with Gasteiger partial charge in [-0.15, -0.1) is 0 Å². The Morgan fingerprint density at radius 2 is 1.90 bits per heavy atom. The first-order valence-electron chi connectivity index (χ1n) is 6.97. The monoisotopic (exact) mass is 270 g/mol. The minimum Gasteiger partial charge on any atom is -0.391 e. The first-order valence-corrected chi connectivity index (χ1v) is 6.97. The molecule has 0 saturated heterocycles. The molecule has 2 aromatic rings. The fourth-order valence-electron chi connectivity index (χ4n) is 2.77. The van der Waals surface area contributed by atoms with Gasteiger partial charge in [0.05, 0.1) is 17.8 Å². The highest BCUT2D eigenvalue weighted by Gasteiger charge is 2.26. The molecule has 20 heavy (non-hydrogen) atoms. The number of carbonyl (C=O) groups excluding carboxylic acids is 1. The summed E-state index contributed by atoms with van der Waals surface area (Å²) in [6, 6.07) is 13.3. The van der Waals surface area contributed by atoms with Crippen molar-refractivity contribution in [3.05, 3.63) is 42.5 Å². The molecule has 0 unspecified atom stereocenters. The van der Waals surface area contributed by atoms with Crippen LogP contribution in [0.25, 0.3) is 10.8 Å². The van der Waals surface area contributed by atoms with Crippen LogP contribution in [0.3, 0.4) is 0 Å². The maximum absolute atomic E-state index is 12.0. The SMILES string of the molecule is O=C(Nc1cccc2ccccc12)N[C@@H]1CCC[C@@H]1O. The number of aliphatic hydroxyl groups is 1. The summed E-state index contributed by atoms with van der Waals surface area (Å²) >= 11 is 0. The molecule has 0 heterocycles. The van der Waals surface area contributed by atoms with E-state index in [9.17, 15) is 9.90 Å². The van der Waals surface area contributed by atoms with Crippen molar-refractivity contribution in [2.45, 2.75) is 31.4 Å². The molecule has 1 saturated carbocycles. The summed E-state index contributed by atoms with van der Waals surface area (Å²) < 4.78 is 0. The highest BCUT2D eigenvalue weighted by molar-refractivity contribution is 6.01. The molecule has 1 fully saturated rings. The van der Waals surface area contributed by atoms with Crippen molar-refractivity contribution in [3.63, 3.8) is 0 Å².